The van der Waals surface area contributed by atoms with Crippen molar-refractivity contribution in [3.05, 3.63) is 52.2 Å². The zero-order valence-electron chi connectivity index (χ0n) is 12.2. The molecule has 2 aliphatic rings. The molecule has 0 radical (unpaired) electrons. The third-order valence-corrected chi connectivity index (χ3v) is 5.01. The zero-order valence-corrected chi connectivity index (χ0v) is 13.0. The van der Waals surface area contributed by atoms with E-state index in [1.807, 2.05) is 34.5 Å². The Kier molecular flexibility index (Phi) is 3.60. The fourth-order valence-electron chi connectivity index (χ4n) is 3.18. The Morgan fingerprint density at radius 2 is 2.23 bits per heavy atom. The molecule has 114 valence electrons. The van der Waals surface area contributed by atoms with Gasteiger partial charge in [-0.25, -0.2) is 0 Å². The van der Waals surface area contributed by atoms with Gasteiger partial charge in [0.2, 0.25) is 0 Å². The van der Waals surface area contributed by atoms with Crippen LogP contribution in [0.4, 0.5) is 5.69 Å². The molecule has 0 spiro atoms. The fraction of sp³-hybridized carbons (Fsp3) is 0.353. The number of hydrogen-bond acceptors (Lipinski definition) is 4. The molecule has 22 heavy (non-hydrogen) atoms. The van der Waals surface area contributed by atoms with Crippen molar-refractivity contribution in [2.45, 2.75) is 25.1 Å². The minimum absolute atomic E-state index is 0.0843. The molecule has 5 heteroatoms. The molecule has 1 amide bonds. The summed E-state index contributed by atoms with van der Waals surface area (Å²) in [6.07, 6.45) is 2.15. The Balaban J connectivity index is 1.69. The van der Waals surface area contributed by atoms with Gasteiger partial charge in [-0.15, -0.1) is 0 Å². The molecule has 4 rings (SSSR count). The van der Waals surface area contributed by atoms with Crippen LogP contribution in [0.15, 0.2) is 41.1 Å². The molecule has 0 bridgehead atoms. The van der Waals surface area contributed by atoms with Crippen LogP contribution >= 0.6 is 11.3 Å². The number of carbonyl (C=O) groups is 1. The van der Waals surface area contributed by atoms with Gasteiger partial charge in [0.15, 0.2) is 0 Å². The molecule has 1 aromatic carbocycles. The molecule has 1 fully saturated rings. The molecule has 4 nitrogen and oxygen atoms in total. The number of rotatable bonds is 3. The molecule has 3 heterocycles. The first-order chi connectivity index (χ1) is 10.8. The predicted octanol–water partition coefficient (Wildman–Crippen LogP) is 3.49. The number of carbonyl (C=O) groups excluding carboxylic acids is 1. The van der Waals surface area contributed by atoms with Crippen molar-refractivity contribution in [2.75, 3.05) is 18.5 Å². The van der Waals surface area contributed by atoms with E-state index in [0.29, 0.717) is 6.54 Å². The van der Waals surface area contributed by atoms with Gasteiger partial charge in [0, 0.05) is 24.4 Å². The number of nitrogens with one attached hydrogen (secondary N) is 1. The molecule has 0 saturated carbocycles. The lowest BCUT2D eigenvalue weighted by Crippen LogP contribution is -2.46. The van der Waals surface area contributed by atoms with Crippen molar-refractivity contribution in [2.24, 2.45) is 0 Å². The maximum Gasteiger partial charge on any atom is 0.257 e. The van der Waals surface area contributed by atoms with Crippen LogP contribution in [0.25, 0.3) is 0 Å². The normalized spacial score (nSPS) is 24.2. The van der Waals surface area contributed by atoms with Gasteiger partial charge in [-0.05, 0) is 41.8 Å². The maximum absolute atomic E-state index is 12.9. The molecular weight excluding hydrogens is 296 g/mol. The monoisotopic (exact) mass is 314 g/mol. The van der Waals surface area contributed by atoms with Crippen molar-refractivity contribution in [1.29, 1.82) is 0 Å². The standard InChI is InChI=1S/C17H18N2O2S/c20-17-14-5-1-2-6-15(14)18-16(12-7-9-22-11-12)19(17)10-13-4-3-8-21-13/h1-2,5-7,9,11,13,16,18H,3-4,8,10H2/t13-,16-/m0/s1. The van der Waals surface area contributed by atoms with E-state index in [0.717, 1.165) is 36.3 Å². The van der Waals surface area contributed by atoms with Crippen molar-refractivity contribution in [3.63, 3.8) is 0 Å². The number of amides is 1. The number of fused-ring (bicyclic) bond motifs is 1. The lowest BCUT2D eigenvalue weighted by Gasteiger charge is -2.38. The number of para-hydroxylation sites is 1. The Morgan fingerprint density at radius 1 is 1.32 bits per heavy atom. The summed E-state index contributed by atoms with van der Waals surface area (Å²) >= 11 is 1.65. The molecular formula is C17H18N2O2S. The van der Waals surface area contributed by atoms with Gasteiger partial charge in [-0.1, -0.05) is 12.1 Å². The van der Waals surface area contributed by atoms with E-state index < -0.39 is 0 Å². The van der Waals surface area contributed by atoms with Crippen molar-refractivity contribution in [3.8, 4) is 0 Å². The van der Waals surface area contributed by atoms with Gasteiger partial charge in [-0.2, -0.15) is 11.3 Å². The van der Waals surface area contributed by atoms with E-state index in [2.05, 4.69) is 16.8 Å². The van der Waals surface area contributed by atoms with Crippen LogP contribution in [0.1, 0.15) is 34.9 Å². The van der Waals surface area contributed by atoms with Crippen LogP contribution in [0.5, 0.6) is 0 Å². The van der Waals surface area contributed by atoms with Gasteiger partial charge in [-0.3, -0.25) is 4.79 Å². The van der Waals surface area contributed by atoms with Crippen molar-refractivity contribution in [1.82, 2.24) is 4.90 Å². The third-order valence-electron chi connectivity index (χ3n) is 4.31. The summed E-state index contributed by atoms with van der Waals surface area (Å²) in [7, 11) is 0. The average molecular weight is 314 g/mol. The first-order valence-corrected chi connectivity index (χ1v) is 8.57. The highest BCUT2D eigenvalue weighted by Gasteiger charge is 2.35. The second kappa shape index (κ2) is 5.74. The summed E-state index contributed by atoms with van der Waals surface area (Å²) in [5, 5.41) is 7.66. The van der Waals surface area contributed by atoms with E-state index in [1.165, 1.54) is 0 Å². The molecule has 2 atom stereocenters. The Labute approximate surface area is 133 Å². The highest BCUT2D eigenvalue weighted by molar-refractivity contribution is 7.08. The van der Waals surface area contributed by atoms with Gasteiger partial charge in [0.25, 0.3) is 5.91 Å². The second-order valence-corrected chi connectivity index (χ2v) is 6.52. The average Bonchev–Trinajstić information content (AvgIpc) is 3.23. The number of ether oxygens (including phenoxy) is 1. The van der Waals surface area contributed by atoms with E-state index in [-0.39, 0.29) is 18.2 Å². The molecule has 1 saturated heterocycles. The first kappa shape index (κ1) is 13.8. The first-order valence-electron chi connectivity index (χ1n) is 7.63. The van der Waals surface area contributed by atoms with Gasteiger partial charge in [0.1, 0.15) is 6.17 Å². The summed E-state index contributed by atoms with van der Waals surface area (Å²) in [6.45, 7) is 1.44. The number of anilines is 1. The van der Waals surface area contributed by atoms with Gasteiger partial charge < -0.3 is 15.0 Å². The molecule has 0 unspecified atom stereocenters. The zero-order chi connectivity index (χ0) is 14.9. The summed E-state index contributed by atoms with van der Waals surface area (Å²) < 4.78 is 5.74. The van der Waals surface area contributed by atoms with Crippen LogP contribution in [0, 0.1) is 0 Å². The lowest BCUT2D eigenvalue weighted by molar-refractivity contribution is 0.0427. The van der Waals surface area contributed by atoms with Crippen LogP contribution in [0.2, 0.25) is 0 Å². The Morgan fingerprint density at radius 3 is 3.00 bits per heavy atom. The summed E-state index contributed by atoms with van der Waals surface area (Å²) in [4.78, 5) is 14.9. The van der Waals surface area contributed by atoms with Gasteiger partial charge >= 0.3 is 0 Å². The van der Waals surface area contributed by atoms with Crippen LogP contribution < -0.4 is 5.32 Å². The molecule has 1 aromatic heterocycles. The fourth-order valence-corrected chi connectivity index (χ4v) is 3.86. The second-order valence-electron chi connectivity index (χ2n) is 5.74. The minimum Gasteiger partial charge on any atom is -0.376 e. The van der Waals surface area contributed by atoms with E-state index >= 15 is 0 Å². The number of nitrogens with zero attached hydrogens (tertiary/aromatic N) is 1. The van der Waals surface area contributed by atoms with Crippen LogP contribution in [0.3, 0.4) is 0 Å². The van der Waals surface area contributed by atoms with Gasteiger partial charge in [0.05, 0.1) is 11.7 Å². The quantitative estimate of drug-likeness (QED) is 0.943. The van der Waals surface area contributed by atoms with Crippen LogP contribution in [-0.2, 0) is 4.74 Å². The van der Waals surface area contributed by atoms with Crippen molar-refractivity contribution < 1.29 is 9.53 Å². The highest BCUT2D eigenvalue weighted by atomic mass is 32.1. The lowest BCUT2D eigenvalue weighted by atomic mass is 10.0. The SMILES string of the molecule is O=C1c2ccccc2N[C@H](c2ccsc2)N1C[C@@H]1CCCO1. The number of benzene rings is 1. The number of thiophene rings is 1. The van der Waals surface area contributed by atoms with E-state index in [1.54, 1.807) is 11.3 Å². The topological polar surface area (TPSA) is 41.6 Å². The highest BCUT2D eigenvalue weighted by Crippen LogP contribution is 2.34. The molecule has 2 aromatic rings. The summed E-state index contributed by atoms with van der Waals surface area (Å²) in [6, 6.07) is 9.80. The molecule has 2 aliphatic heterocycles. The Bertz CT molecular complexity index is 665. The molecule has 0 aliphatic carbocycles. The van der Waals surface area contributed by atoms with E-state index in [9.17, 15) is 4.79 Å². The number of hydrogen-bond donors (Lipinski definition) is 1. The van der Waals surface area contributed by atoms with Crippen molar-refractivity contribution >= 4 is 22.9 Å². The third kappa shape index (κ3) is 2.40. The smallest absolute Gasteiger partial charge is 0.257 e. The van der Waals surface area contributed by atoms with E-state index in [4.69, 9.17) is 4.74 Å². The molecule has 1 N–H and O–H groups in total. The predicted molar refractivity (Wildman–Crippen MR) is 87.1 cm³/mol. The minimum atomic E-state index is -0.113. The summed E-state index contributed by atoms with van der Waals surface area (Å²) in [5.41, 5.74) is 2.78. The van der Waals surface area contributed by atoms with Crippen LogP contribution in [-0.4, -0.2) is 30.1 Å². The largest absolute Gasteiger partial charge is 0.376 e. The maximum atomic E-state index is 12.9. The Hall–Kier alpha value is -1.85. The summed E-state index contributed by atoms with van der Waals surface area (Å²) in [5.74, 6) is 0.0843.